The van der Waals surface area contributed by atoms with Gasteiger partial charge in [-0.2, -0.15) is 0 Å². The number of hydrogen-bond acceptors (Lipinski definition) is 3. The quantitative estimate of drug-likeness (QED) is 0.812. The van der Waals surface area contributed by atoms with E-state index in [1.165, 1.54) is 5.56 Å². The van der Waals surface area contributed by atoms with Crippen LogP contribution in [0.5, 0.6) is 11.5 Å². The van der Waals surface area contributed by atoms with Gasteiger partial charge in [0.05, 0.1) is 13.7 Å². The summed E-state index contributed by atoms with van der Waals surface area (Å²) in [6.07, 6.45) is 0. The molecule has 0 aliphatic rings. The van der Waals surface area contributed by atoms with Crippen molar-refractivity contribution in [3.05, 3.63) is 54.1 Å². The molecule has 0 fully saturated rings. The average molecular weight is 330 g/mol. The van der Waals surface area contributed by atoms with Crippen molar-refractivity contribution in [2.75, 3.05) is 26.1 Å². The molecule has 2 aromatic carbocycles. The molecule has 2 aromatic rings. The number of nitrogens with one attached hydrogen (secondary N) is 1. The maximum absolute atomic E-state index is 5.45. The van der Waals surface area contributed by atoms with Crippen molar-refractivity contribution in [2.24, 2.45) is 0 Å². The van der Waals surface area contributed by atoms with E-state index in [0.717, 1.165) is 23.7 Å². The van der Waals surface area contributed by atoms with Crippen molar-refractivity contribution in [3.63, 3.8) is 0 Å². The summed E-state index contributed by atoms with van der Waals surface area (Å²) in [5, 5.41) is 3.88. The van der Waals surface area contributed by atoms with Crippen LogP contribution in [0.3, 0.4) is 0 Å². The first-order valence-corrected chi connectivity index (χ1v) is 7.91. The van der Waals surface area contributed by atoms with E-state index in [-0.39, 0.29) is 0 Å². The second-order valence-corrected chi connectivity index (χ2v) is 5.48. The SMILES string of the molecule is CCOc1ccc(CN(C)C(=S)Nc2cccc(OC)c2)cc1. The third kappa shape index (κ3) is 5.14. The van der Waals surface area contributed by atoms with Gasteiger partial charge >= 0.3 is 0 Å². The predicted octanol–water partition coefficient (Wildman–Crippen LogP) is 3.92. The van der Waals surface area contributed by atoms with Gasteiger partial charge in [-0.1, -0.05) is 18.2 Å². The molecule has 23 heavy (non-hydrogen) atoms. The van der Waals surface area contributed by atoms with Gasteiger partial charge in [0.2, 0.25) is 0 Å². The molecule has 0 amide bonds. The van der Waals surface area contributed by atoms with Gasteiger partial charge in [-0.05, 0) is 49.0 Å². The summed E-state index contributed by atoms with van der Waals surface area (Å²) in [4.78, 5) is 1.99. The smallest absolute Gasteiger partial charge is 0.173 e. The molecule has 0 aliphatic carbocycles. The van der Waals surface area contributed by atoms with Crippen LogP contribution in [-0.2, 0) is 6.54 Å². The van der Waals surface area contributed by atoms with Crippen molar-refractivity contribution in [1.29, 1.82) is 0 Å². The summed E-state index contributed by atoms with van der Waals surface area (Å²) in [7, 11) is 3.61. The Morgan fingerprint density at radius 3 is 2.52 bits per heavy atom. The molecule has 2 rings (SSSR count). The molecule has 0 saturated carbocycles. The Kier molecular flexibility index (Phi) is 6.23. The van der Waals surface area contributed by atoms with Crippen LogP contribution >= 0.6 is 12.2 Å². The number of methoxy groups -OCH3 is 1. The summed E-state index contributed by atoms with van der Waals surface area (Å²) in [5.41, 5.74) is 2.08. The lowest BCUT2D eigenvalue weighted by Crippen LogP contribution is -2.30. The molecule has 0 atom stereocenters. The van der Waals surface area contributed by atoms with Gasteiger partial charge in [0, 0.05) is 25.3 Å². The molecule has 0 radical (unpaired) electrons. The second-order valence-electron chi connectivity index (χ2n) is 5.10. The minimum absolute atomic E-state index is 0.659. The molecule has 5 heteroatoms. The number of hydrogen-bond donors (Lipinski definition) is 1. The summed E-state index contributed by atoms with van der Waals surface area (Å²) in [6, 6.07) is 15.8. The maximum atomic E-state index is 5.45. The number of thiocarbonyl (C=S) groups is 1. The van der Waals surface area contributed by atoms with Gasteiger partial charge in [0.25, 0.3) is 0 Å². The molecule has 0 unspecified atom stereocenters. The number of rotatable bonds is 6. The van der Waals surface area contributed by atoms with E-state index < -0.39 is 0 Å². The van der Waals surface area contributed by atoms with Gasteiger partial charge in [0.1, 0.15) is 11.5 Å². The normalized spacial score (nSPS) is 10.0. The highest BCUT2D eigenvalue weighted by molar-refractivity contribution is 7.80. The summed E-state index contributed by atoms with van der Waals surface area (Å²) in [6.45, 7) is 3.38. The van der Waals surface area contributed by atoms with E-state index in [4.69, 9.17) is 21.7 Å². The predicted molar refractivity (Wildman–Crippen MR) is 98.3 cm³/mol. The number of benzene rings is 2. The molecule has 0 heterocycles. The largest absolute Gasteiger partial charge is 0.497 e. The first-order valence-electron chi connectivity index (χ1n) is 7.50. The van der Waals surface area contributed by atoms with E-state index in [1.54, 1.807) is 7.11 Å². The molecule has 0 aliphatic heterocycles. The minimum Gasteiger partial charge on any atom is -0.497 e. The van der Waals surface area contributed by atoms with Gasteiger partial charge in [-0.3, -0.25) is 0 Å². The summed E-state index contributed by atoms with van der Waals surface area (Å²) >= 11 is 5.45. The molecule has 0 saturated heterocycles. The fourth-order valence-corrected chi connectivity index (χ4v) is 2.31. The summed E-state index contributed by atoms with van der Waals surface area (Å²) in [5.74, 6) is 1.68. The average Bonchev–Trinajstić information content (AvgIpc) is 2.57. The Bertz CT molecular complexity index is 644. The number of anilines is 1. The fraction of sp³-hybridized carbons (Fsp3) is 0.278. The highest BCUT2D eigenvalue weighted by Crippen LogP contribution is 2.18. The zero-order valence-electron chi connectivity index (χ0n) is 13.7. The van der Waals surface area contributed by atoms with Crippen molar-refractivity contribution in [3.8, 4) is 11.5 Å². The lowest BCUT2D eigenvalue weighted by Gasteiger charge is -2.21. The molecule has 0 bridgehead atoms. The van der Waals surface area contributed by atoms with Crippen LogP contribution < -0.4 is 14.8 Å². The molecule has 4 nitrogen and oxygen atoms in total. The summed E-state index contributed by atoms with van der Waals surface area (Å²) < 4.78 is 10.7. The fourth-order valence-electron chi connectivity index (χ4n) is 2.12. The van der Waals surface area contributed by atoms with E-state index in [2.05, 4.69) is 17.4 Å². The van der Waals surface area contributed by atoms with Crippen molar-refractivity contribution in [1.82, 2.24) is 4.90 Å². The first-order chi connectivity index (χ1) is 11.1. The lowest BCUT2D eigenvalue weighted by molar-refractivity contribution is 0.340. The van der Waals surface area contributed by atoms with E-state index >= 15 is 0 Å². The Morgan fingerprint density at radius 2 is 1.87 bits per heavy atom. The zero-order chi connectivity index (χ0) is 16.7. The van der Waals surface area contributed by atoms with Crippen LogP contribution in [0.15, 0.2) is 48.5 Å². The van der Waals surface area contributed by atoms with Gasteiger partial charge in [-0.15, -0.1) is 0 Å². The molecule has 1 N–H and O–H groups in total. The topological polar surface area (TPSA) is 33.7 Å². The third-order valence-corrected chi connectivity index (χ3v) is 3.74. The van der Waals surface area contributed by atoms with Crippen LogP contribution in [0.25, 0.3) is 0 Å². The Labute approximate surface area is 143 Å². The van der Waals surface area contributed by atoms with Gasteiger partial charge in [-0.25, -0.2) is 0 Å². The van der Waals surface area contributed by atoms with E-state index in [9.17, 15) is 0 Å². The Morgan fingerprint density at radius 1 is 1.13 bits per heavy atom. The maximum Gasteiger partial charge on any atom is 0.173 e. The van der Waals surface area contributed by atoms with Crippen LogP contribution in [0.2, 0.25) is 0 Å². The van der Waals surface area contributed by atoms with Crippen molar-refractivity contribution >= 4 is 23.0 Å². The molecule has 0 spiro atoms. The van der Waals surface area contributed by atoms with Crippen LogP contribution in [0, 0.1) is 0 Å². The molecular formula is C18H22N2O2S. The first kappa shape index (κ1) is 17.1. The molecule has 122 valence electrons. The lowest BCUT2D eigenvalue weighted by atomic mass is 10.2. The Hall–Kier alpha value is -2.27. The van der Waals surface area contributed by atoms with E-state index in [0.29, 0.717) is 11.7 Å². The number of nitrogens with zero attached hydrogens (tertiary/aromatic N) is 1. The molecule has 0 aromatic heterocycles. The van der Waals surface area contributed by atoms with Gasteiger partial charge in [0.15, 0.2) is 5.11 Å². The third-order valence-electron chi connectivity index (χ3n) is 3.32. The monoisotopic (exact) mass is 330 g/mol. The van der Waals surface area contributed by atoms with E-state index in [1.807, 2.05) is 55.3 Å². The van der Waals surface area contributed by atoms with Crippen molar-refractivity contribution < 1.29 is 9.47 Å². The van der Waals surface area contributed by atoms with Crippen LogP contribution in [0.4, 0.5) is 5.69 Å². The standard InChI is InChI=1S/C18H22N2O2S/c1-4-22-16-10-8-14(9-11-16)13-20(2)18(23)19-15-6-5-7-17(12-15)21-3/h5-12H,4,13H2,1-3H3,(H,19,23). The van der Waals surface area contributed by atoms with Crippen molar-refractivity contribution in [2.45, 2.75) is 13.5 Å². The van der Waals surface area contributed by atoms with Gasteiger partial charge < -0.3 is 19.7 Å². The second kappa shape index (κ2) is 8.39. The van der Waals surface area contributed by atoms with Crippen LogP contribution in [0.1, 0.15) is 12.5 Å². The highest BCUT2D eigenvalue weighted by Gasteiger charge is 2.06. The zero-order valence-corrected chi connectivity index (χ0v) is 14.5. The van der Waals surface area contributed by atoms with Crippen LogP contribution in [-0.4, -0.2) is 30.8 Å². The molecular weight excluding hydrogens is 308 g/mol. The minimum atomic E-state index is 0.659. The number of ether oxygens (including phenoxy) is 2. The highest BCUT2D eigenvalue weighted by atomic mass is 32.1. The Balaban J connectivity index is 1.93.